The molecule has 0 bridgehead atoms. The molecule has 0 fully saturated rings. The minimum Gasteiger partial charge on any atom is -0.467 e. The number of benzene rings is 1. The van der Waals surface area contributed by atoms with Crippen molar-refractivity contribution in [2.75, 3.05) is 12.4 Å². The average Bonchev–Trinajstić information content (AvgIpc) is 2.98. The molecule has 0 atom stereocenters. The maximum absolute atomic E-state index is 11.7. The zero-order chi connectivity index (χ0) is 14.4. The van der Waals surface area contributed by atoms with E-state index < -0.39 is 0 Å². The van der Waals surface area contributed by atoms with Crippen LogP contribution in [0.15, 0.2) is 47.1 Å². The Morgan fingerprint density at radius 2 is 2.05 bits per heavy atom. The lowest BCUT2D eigenvalue weighted by molar-refractivity contribution is 0.0963. The molecule has 20 heavy (non-hydrogen) atoms. The van der Waals surface area contributed by atoms with Crippen molar-refractivity contribution in [1.82, 2.24) is 10.6 Å². The standard InChI is InChI=1S/C14H15N3O3/c1-15-13(18)10-4-2-5-11(8-10)17-14(19)16-9-12-6-3-7-20-12/h2-8H,9H2,1H3,(H,15,18)(H2,16,17,19). The number of urea groups is 1. The molecule has 6 nitrogen and oxygen atoms in total. The SMILES string of the molecule is CNC(=O)c1cccc(NC(=O)NCc2ccco2)c1. The van der Waals surface area contributed by atoms with Crippen LogP contribution in [0.3, 0.4) is 0 Å². The van der Waals surface area contributed by atoms with Crippen LogP contribution in [0.5, 0.6) is 0 Å². The third kappa shape index (κ3) is 3.61. The second-order valence-corrected chi connectivity index (χ2v) is 4.05. The van der Waals surface area contributed by atoms with Crippen molar-refractivity contribution in [1.29, 1.82) is 0 Å². The van der Waals surface area contributed by atoms with Gasteiger partial charge in [0.25, 0.3) is 5.91 Å². The van der Waals surface area contributed by atoms with Gasteiger partial charge < -0.3 is 20.4 Å². The zero-order valence-corrected chi connectivity index (χ0v) is 11.0. The Bertz CT molecular complexity index is 593. The summed E-state index contributed by atoms with van der Waals surface area (Å²) in [7, 11) is 1.55. The van der Waals surface area contributed by atoms with Crippen LogP contribution in [0.2, 0.25) is 0 Å². The minimum absolute atomic E-state index is 0.204. The summed E-state index contributed by atoms with van der Waals surface area (Å²) in [6.07, 6.45) is 1.54. The smallest absolute Gasteiger partial charge is 0.319 e. The summed E-state index contributed by atoms with van der Waals surface area (Å²) >= 11 is 0. The van der Waals surface area contributed by atoms with Gasteiger partial charge in [-0.2, -0.15) is 0 Å². The molecule has 1 heterocycles. The van der Waals surface area contributed by atoms with E-state index >= 15 is 0 Å². The molecular weight excluding hydrogens is 258 g/mol. The van der Waals surface area contributed by atoms with E-state index in [1.165, 1.54) is 0 Å². The van der Waals surface area contributed by atoms with Gasteiger partial charge in [-0.1, -0.05) is 6.07 Å². The molecule has 0 spiro atoms. The Morgan fingerprint density at radius 1 is 1.20 bits per heavy atom. The first-order valence-corrected chi connectivity index (χ1v) is 6.08. The van der Waals surface area contributed by atoms with Crippen LogP contribution in [0.4, 0.5) is 10.5 Å². The van der Waals surface area contributed by atoms with Gasteiger partial charge in [-0.05, 0) is 30.3 Å². The maximum atomic E-state index is 11.7. The topological polar surface area (TPSA) is 83.4 Å². The van der Waals surface area contributed by atoms with Gasteiger partial charge in [-0.3, -0.25) is 4.79 Å². The highest BCUT2D eigenvalue weighted by molar-refractivity contribution is 5.96. The number of carbonyl (C=O) groups excluding carboxylic acids is 2. The second kappa shape index (κ2) is 6.42. The van der Waals surface area contributed by atoms with E-state index in [0.717, 1.165) is 0 Å². The fourth-order valence-corrected chi connectivity index (χ4v) is 1.64. The molecule has 0 unspecified atom stereocenters. The van der Waals surface area contributed by atoms with Gasteiger partial charge >= 0.3 is 6.03 Å². The minimum atomic E-state index is -0.365. The maximum Gasteiger partial charge on any atom is 0.319 e. The van der Waals surface area contributed by atoms with Gasteiger partial charge in [0.1, 0.15) is 5.76 Å². The molecule has 3 N–H and O–H groups in total. The molecule has 6 heteroatoms. The van der Waals surface area contributed by atoms with E-state index in [0.29, 0.717) is 23.6 Å². The van der Waals surface area contributed by atoms with Crippen molar-refractivity contribution in [2.24, 2.45) is 0 Å². The second-order valence-electron chi connectivity index (χ2n) is 4.05. The predicted octanol–water partition coefficient (Wildman–Crippen LogP) is 1.96. The fraction of sp³-hybridized carbons (Fsp3) is 0.143. The molecule has 3 amide bonds. The largest absolute Gasteiger partial charge is 0.467 e. The normalized spacial score (nSPS) is 9.85. The summed E-state index contributed by atoms with van der Waals surface area (Å²) < 4.78 is 5.10. The third-order valence-electron chi connectivity index (χ3n) is 2.61. The van der Waals surface area contributed by atoms with E-state index in [2.05, 4.69) is 16.0 Å². The van der Waals surface area contributed by atoms with E-state index in [1.54, 1.807) is 49.7 Å². The Kier molecular flexibility index (Phi) is 4.39. The first-order chi connectivity index (χ1) is 9.69. The summed E-state index contributed by atoms with van der Waals surface area (Å²) in [4.78, 5) is 23.2. The first kappa shape index (κ1) is 13.7. The highest BCUT2D eigenvalue weighted by atomic mass is 16.3. The lowest BCUT2D eigenvalue weighted by Crippen LogP contribution is -2.28. The molecule has 0 aliphatic rings. The van der Waals surface area contributed by atoms with Crippen molar-refractivity contribution >= 4 is 17.6 Å². The number of furan rings is 1. The zero-order valence-electron chi connectivity index (χ0n) is 11.0. The molecule has 1 aromatic carbocycles. The number of rotatable bonds is 4. The van der Waals surface area contributed by atoms with Crippen LogP contribution in [0, 0.1) is 0 Å². The summed E-state index contributed by atoms with van der Waals surface area (Å²) in [6.45, 7) is 0.300. The first-order valence-electron chi connectivity index (χ1n) is 6.08. The lowest BCUT2D eigenvalue weighted by Gasteiger charge is -2.07. The summed E-state index contributed by atoms with van der Waals surface area (Å²) in [6, 6.07) is 9.84. The van der Waals surface area contributed by atoms with Crippen LogP contribution in [0.1, 0.15) is 16.1 Å². The van der Waals surface area contributed by atoms with Gasteiger partial charge in [-0.15, -0.1) is 0 Å². The molecular formula is C14H15N3O3. The summed E-state index contributed by atoms with van der Waals surface area (Å²) in [5.41, 5.74) is 1.03. The lowest BCUT2D eigenvalue weighted by atomic mass is 10.2. The van der Waals surface area contributed by atoms with Crippen LogP contribution < -0.4 is 16.0 Å². The number of amides is 3. The number of carbonyl (C=O) groups is 2. The Morgan fingerprint density at radius 3 is 2.75 bits per heavy atom. The van der Waals surface area contributed by atoms with Crippen molar-refractivity contribution < 1.29 is 14.0 Å². The van der Waals surface area contributed by atoms with Crippen LogP contribution in [-0.4, -0.2) is 19.0 Å². The molecule has 0 aliphatic carbocycles. The van der Waals surface area contributed by atoms with Crippen LogP contribution >= 0.6 is 0 Å². The highest BCUT2D eigenvalue weighted by Gasteiger charge is 2.06. The average molecular weight is 273 g/mol. The van der Waals surface area contributed by atoms with Crippen LogP contribution in [-0.2, 0) is 6.54 Å². The fourth-order valence-electron chi connectivity index (χ4n) is 1.64. The van der Waals surface area contributed by atoms with Crippen molar-refractivity contribution in [2.45, 2.75) is 6.54 Å². The molecule has 2 aromatic rings. The molecule has 0 aliphatic heterocycles. The summed E-state index contributed by atoms with van der Waals surface area (Å²) in [5.74, 6) is 0.462. The molecule has 0 saturated heterocycles. The van der Waals surface area contributed by atoms with E-state index in [9.17, 15) is 9.59 Å². The van der Waals surface area contributed by atoms with Crippen molar-refractivity contribution in [3.63, 3.8) is 0 Å². The monoisotopic (exact) mass is 273 g/mol. The van der Waals surface area contributed by atoms with Crippen molar-refractivity contribution in [3.8, 4) is 0 Å². The molecule has 104 valence electrons. The van der Waals surface area contributed by atoms with Gasteiger partial charge in [0, 0.05) is 18.3 Å². The van der Waals surface area contributed by atoms with Crippen LogP contribution in [0.25, 0.3) is 0 Å². The molecule has 0 radical (unpaired) electrons. The molecule has 1 aromatic heterocycles. The Hall–Kier alpha value is -2.76. The number of hydrogen-bond acceptors (Lipinski definition) is 3. The predicted molar refractivity (Wildman–Crippen MR) is 74.4 cm³/mol. The van der Waals surface area contributed by atoms with Gasteiger partial charge in [-0.25, -0.2) is 4.79 Å². The third-order valence-corrected chi connectivity index (χ3v) is 2.61. The van der Waals surface area contributed by atoms with E-state index in [4.69, 9.17) is 4.42 Å². The van der Waals surface area contributed by atoms with Gasteiger partial charge in [0.05, 0.1) is 12.8 Å². The number of anilines is 1. The Balaban J connectivity index is 1.92. The summed E-state index contributed by atoms with van der Waals surface area (Å²) in [5, 5.41) is 7.83. The van der Waals surface area contributed by atoms with E-state index in [-0.39, 0.29) is 11.9 Å². The Labute approximate surface area is 116 Å². The highest BCUT2D eigenvalue weighted by Crippen LogP contribution is 2.10. The van der Waals surface area contributed by atoms with Gasteiger partial charge in [0.15, 0.2) is 0 Å². The van der Waals surface area contributed by atoms with Crippen molar-refractivity contribution in [3.05, 3.63) is 54.0 Å². The molecule has 0 saturated carbocycles. The number of nitrogens with one attached hydrogen (secondary N) is 3. The van der Waals surface area contributed by atoms with E-state index in [1.807, 2.05) is 0 Å². The molecule has 2 rings (SSSR count). The number of hydrogen-bond donors (Lipinski definition) is 3. The van der Waals surface area contributed by atoms with Gasteiger partial charge in [0.2, 0.25) is 0 Å². The quantitative estimate of drug-likeness (QED) is 0.796.